The SMILES string of the molecule is [c]1cncc(NCC2CC2)c1. The zero-order valence-electron chi connectivity index (χ0n) is 6.38. The van der Waals surface area contributed by atoms with Crippen molar-refractivity contribution < 1.29 is 0 Å². The van der Waals surface area contributed by atoms with E-state index in [1.807, 2.05) is 12.3 Å². The minimum Gasteiger partial charge on any atom is -0.384 e. The van der Waals surface area contributed by atoms with Crippen molar-refractivity contribution in [3.63, 3.8) is 0 Å². The van der Waals surface area contributed by atoms with Gasteiger partial charge >= 0.3 is 0 Å². The van der Waals surface area contributed by atoms with Gasteiger partial charge in [-0.25, -0.2) is 0 Å². The van der Waals surface area contributed by atoms with Crippen molar-refractivity contribution in [2.75, 3.05) is 11.9 Å². The lowest BCUT2D eigenvalue weighted by atomic mass is 10.4. The molecule has 1 aromatic heterocycles. The number of nitrogens with one attached hydrogen (secondary N) is 1. The van der Waals surface area contributed by atoms with Crippen LogP contribution >= 0.6 is 0 Å². The summed E-state index contributed by atoms with van der Waals surface area (Å²) in [6.45, 7) is 1.10. The highest BCUT2D eigenvalue weighted by molar-refractivity contribution is 5.39. The molecule has 0 saturated heterocycles. The van der Waals surface area contributed by atoms with E-state index in [0.717, 1.165) is 18.2 Å². The maximum atomic E-state index is 3.96. The Bertz CT molecular complexity index is 216. The average molecular weight is 147 g/mol. The van der Waals surface area contributed by atoms with Gasteiger partial charge in [0.05, 0.1) is 5.69 Å². The van der Waals surface area contributed by atoms with Crippen LogP contribution in [-0.4, -0.2) is 11.5 Å². The Morgan fingerprint density at radius 1 is 1.64 bits per heavy atom. The van der Waals surface area contributed by atoms with Gasteiger partial charge in [0.25, 0.3) is 0 Å². The molecule has 0 aromatic carbocycles. The minimum atomic E-state index is 0.912. The van der Waals surface area contributed by atoms with E-state index in [4.69, 9.17) is 0 Å². The summed E-state index contributed by atoms with van der Waals surface area (Å²) < 4.78 is 0. The van der Waals surface area contributed by atoms with Crippen LogP contribution in [0.25, 0.3) is 0 Å². The van der Waals surface area contributed by atoms with Crippen molar-refractivity contribution in [1.82, 2.24) is 4.98 Å². The molecule has 1 aromatic rings. The highest BCUT2D eigenvalue weighted by Crippen LogP contribution is 2.28. The summed E-state index contributed by atoms with van der Waals surface area (Å²) >= 11 is 0. The molecule has 0 amide bonds. The maximum Gasteiger partial charge on any atom is 0.0533 e. The molecule has 2 nitrogen and oxygen atoms in total. The molecule has 0 aliphatic heterocycles. The highest BCUT2D eigenvalue weighted by atomic mass is 14.9. The van der Waals surface area contributed by atoms with E-state index in [1.54, 1.807) is 6.20 Å². The van der Waals surface area contributed by atoms with Gasteiger partial charge in [-0.2, -0.15) is 0 Å². The zero-order chi connectivity index (χ0) is 7.52. The summed E-state index contributed by atoms with van der Waals surface area (Å²) in [6.07, 6.45) is 6.27. The fourth-order valence-corrected chi connectivity index (χ4v) is 1.01. The molecule has 11 heavy (non-hydrogen) atoms. The second kappa shape index (κ2) is 2.91. The van der Waals surface area contributed by atoms with Gasteiger partial charge in [-0.05, 0) is 24.8 Å². The van der Waals surface area contributed by atoms with Crippen molar-refractivity contribution >= 4 is 5.69 Å². The normalized spacial score (nSPS) is 16.4. The van der Waals surface area contributed by atoms with Crippen LogP contribution in [0.2, 0.25) is 0 Å². The van der Waals surface area contributed by atoms with E-state index in [2.05, 4.69) is 16.4 Å². The lowest BCUT2D eigenvalue weighted by Gasteiger charge is -2.02. The number of hydrogen-bond acceptors (Lipinski definition) is 2. The molecule has 1 aliphatic carbocycles. The molecule has 1 saturated carbocycles. The lowest BCUT2D eigenvalue weighted by Crippen LogP contribution is -2.02. The Kier molecular flexibility index (Phi) is 1.76. The fraction of sp³-hybridized carbons (Fsp3) is 0.444. The monoisotopic (exact) mass is 147 g/mol. The molecule has 0 atom stereocenters. The van der Waals surface area contributed by atoms with Crippen LogP contribution in [0, 0.1) is 12.0 Å². The second-order valence-electron chi connectivity index (χ2n) is 3.00. The molecule has 0 bridgehead atoms. The molecule has 2 heteroatoms. The van der Waals surface area contributed by atoms with Crippen molar-refractivity contribution in [2.45, 2.75) is 12.8 Å². The molecule has 2 rings (SSSR count). The summed E-state index contributed by atoms with van der Waals surface area (Å²) in [6, 6.07) is 4.86. The number of pyridine rings is 1. The summed E-state index contributed by atoms with van der Waals surface area (Å²) in [4.78, 5) is 3.96. The Morgan fingerprint density at radius 2 is 2.55 bits per heavy atom. The van der Waals surface area contributed by atoms with Crippen molar-refractivity contribution in [3.8, 4) is 0 Å². The molecule has 0 unspecified atom stereocenters. The van der Waals surface area contributed by atoms with Gasteiger partial charge in [0.15, 0.2) is 0 Å². The highest BCUT2D eigenvalue weighted by Gasteiger charge is 2.20. The Hall–Kier alpha value is -1.05. The van der Waals surface area contributed by atoms with Gasteiger partial charge < -0.3 is 5.32 Å². The number of rotatable bonds is 3. The molecule has 57 valence electrons. The lowest BCUT2D eigenvalue weighted by molar-refractivity contribution is 0.888. The Balaban J connectivity index is 1.85. The van der Waals surface area contributed by atoms with E-state index in [-0.39, 0.29) is 0 Å². The molecule has 1 radical (unpaired) electrons. The molecule has 0 spiro atoms. The number of aromatic nitrogens is 1. The van der Waals surface area contributed by atoms with E-state index >= 15 is 0 Å². The van der Waals surface area contributed by atoms with Crippen LogP contribution in [0.5, 0.6) is 0 Å². The zero-order valence-corrected chi connectivity index (χ0v) is 6.38. The summed E-state index contributed by atoms with van der Waals surface area (Å²) in [7, 11) is 0. The number of hydrogen-bond donors (Lipinski definition) is 1. The van der Waals surface area contributed by atoms with Gasteiger partial charge in [-0.15, -0.1) is 0 Å². The van der Waals surface area contributed by atoms with Crippen LogP contribution in [0.15, 0.2) is 18.5 Å². The first-order chi connectivity index (χ1) is 5.45. The second-order valence-corrected chi connectivity index (χ2v) is 3.00. The third-order valence-corrected chi connectivity index (χ3v) is 1.89. The smallest absolute Gasteiger partial charge is 0.0533 e. The molecule has 1 N–H and O–H groups in total. The predicted octanol–water partition coefficient (Wildman–Crippen LogP) is 1.70. The van der Waals surface area contributed by atoms with E-state index in [9.17, 15) is 0 Å². The van der Waals surface area contributed by atoms with Gasteiger partial charge in [0.2, 0.25) is 0 Å². The van der Waals surface area contributed by atoms with Crippen LogP contribution in [-0.2, 0) is 0 Å². The van der Waals surface area contributed by atoms with Crippen LogP contribution < -0.4 is 5.32 Å². The van der Waals surface area contributed by atoms with Gasteiger partial charge in [0.1, 0.15) is 0 Å². The molecule has 1 heterocycles. The number of anilines is 1. The van der Waals surface area contributed by atoms with Crippen molar-refractivity contribution in [3.05, 3.63) is 24.5 Å². The first kappa shape index (κ1) is 6.65. The van der Waals surface area contributed by atoms with Crippen molar-refractivity contribution in [2.24, 2.45) is 5.92 Å². The standard InChI is InChI=1S/C9H11N2/c1-2-9(7-10-5-1)11-6-8-3-4-8/h2,5,7-8,11H,3-4,6H2. The maximum absolute atomic E-state index is 3.96. The predicted molar refractivity (Wildman–Crippen MR) is 44.3 cm³/mol. The number of nitrogens with zero attached hydrogens (tertiary/aromatic N) is 1. The first-order valence-electron chi connectivity index (χ1n) is 4.00. The van der Waals surface area contributed by atoms with E-state index in [0.29, 0.717) is 0 Å². The average Bonchev–Trinajstić information content (AvgIpc) is 2.86. The first-order valence-corrected chi connectivity index (χ1v) is 4.00. The Labute approximate surface area is 66.7 Å². The molecular weight excluding hydrogens is 136 g/mol. The van der Waals surface area contributed by atoms with Crippen LogP contribution in [0.3, 0.4) is 0 Å². The molecule has 1 aliphatic rings. The fourth-order valence-electron chi connectivity index (χ4n) is 1.01. The van der Waals surface area contributed by atoms with Crippen LogP contribution in [0.1, 0.15) is 12.8 Å². The Morgan fingerprint density at radius 3 is 3.18 bits per heavy atom. The van der Waals surface area contributed by atoms with Gasteiger partial charge in [0, 0.05) is 25.0 Å². The summed E-state index contributed by atoms with van der Waals surface area (Å²) in [5.74, 6) is 0.912. The quantitative estimate of drug-likeness (QED) is 0.704. The third-order valence-electron chi connectivity index (χ3n) is 1.89. The van der Waals surface area contributed by atoms with Crippen LogP contribution in [0.4, 0.5) is 5.69 Å². The van der Waals surface area contributed by atoms with Gasteiger partial charge in [-0.3, -0.25) is 4.98 Å². The van der Waals surface area contributed by atoms with Crippen molar-refractivity contribution in [1.29, 1.82) is 0 Å². The minimum absolute atomic E-state index is 0.912. The molecule has 1 fully saturated rings. The topological polar surface area (TPSA) is 24.9 Å². The summed E-state index contributed by atoms with van der Waals surface area (Å²) in [5, 5.41) is 3.31. The molecular formula is C9H11N2. The van der Waals surface area contributed by atoms with Gasteiger partial charge in [-0.1, -0.05) is 0 Å². The summed E-state index contributed by atoms with van der Waals surface area (Å²) in [5.41, 5.74) is 1.08. The van der Waals surface area contributed by atoms with E-state index in [1.165, 1.54) is 12.8 Å². The largest absolute Gasteiger partial charge is 0.384 e. The third kappa shape index (κ3) is 1.93. The van der Waals surface area contributed by atoms with E-state index < -0.39 is 0 Å².